The van der Waals surface area contributed by atoms with E-state index in [1.807, 2.05) is 24.3 Å². The van der Waals surface area contributed by atoms with Crippen LogP contribution in [0.5, 0.6) is 5.75 Å². The zero-order valence-electron chi connectivity index (χ0n) is 14.1. The second-order valence-electron chi connectivity index (χ2n) is 5.17. The Kier molecular flexibility index (Phi) is 6.79. The molecule has 1 heterocycles. The van der Waals surface area contributed by atoms with E-state index in [1.165, 1.54) is 11.3 Å². The first kappa shape index (κ1) is 18.8. The summed E-state index contributed by atoms with van der Waals surface area (Å²) in [6, 6.07) is 8.47. The molecule has 0 radical (unpaired) electrons. The van der Waals surface area contributed by atoms with Crippen LogP contribution in [-0.2, 0) is 4.74 Å². The first-order valence-corrected chi connectivity index (χ1v) is 8.48. The minimum Gasteiger partial charge on any atom is -0.497 e. The maximum Gasteiger partial charge on any atom is 0.317 e. The Labute approximate surface area is 150 Å². The van der Waals surface area contributed by atoms with E-state index in [1.54, 1.807) is 20.3 Å². The van der Waals surface area contributed by atoms with E-state index >= 15 is 0 Å². The molecule has 0 spiro atoms. The van der Waals surface area contributed by atoms with Crippen LogP contribution in [0.2, 0.25) is 0 Å². The van der Waals surface area contributed by atoms with Gasteiger partial charge in [-0.3, -0.25) is 10.1 Å². The molecule has 0 unspecified atom stereocenters. The predicted octanol–water partition coefficient (Wildman–Crippen LogP) is 2.68. The van der Waals surface area contributed by atoms with Gasteiger partial charge in [-0.25, -0.2) is 4.79 Å². The van der Waals surface area contributed by atoms with Gasteiger partial charge in [0.1, 0.15) is 10.8 Å². The highest BCUT2D eigenvalue weighted by atomic mass is 32.1. The number of benzene rings is 1. The Morgan fingerprint density at radius 3 is 2.52 bits per heavy atom. The Bertz CT molecular complexity index is 728. The first-order valence-electron chi connectivity index (χ1n) is 7.67. The van der Waals surface area contributed by atoms with Gasteiger partial charge in [0, 0.05) is 25.1 Å². The van der Waals surface area contributed by atoms with Crippen molar-refractivity contribution in [1.82, 2.24) is 5.32 Å². The van der Waals surface area contributed by atoms with E-state index in [4.69, 9.17) is 15.2 Å². The molecule has 3 amide bonds. The summed E-state index contributed by atoms with van der Waals surface area (Å²) in [4.78, 5) is 24.5. The molecule has 8 heteroatoms. The summed E-state index contributed by atoms with van der Waals surface area (Å²) < 4.78 is 10.1. The lowest BCUT2D eigenvalue weighted by molar-refractivity contribution is 0.0950. The zero-order valence-corrected chi connectivity index (χ0v) is 14.9. The van der Waals surface area contributed by atoms with Crippen molar-refractivity contribution in [2.45, 2.75) is 6.42 Å². The van der Waals surface area contributed by atoms with Crippen molar-refractivity contribution in [3.05, 3.63) is 35.9 Å². The number of methoxy groups -OCH3 is 2. The van der Waals surface area contributed by atoms with Crippen LogP contribution in [-0.4, -0.2) is 39.3 Å². The normalized spacial score (nSPS) is 10.3. The standard InChI is InChI=1S/C17H21N3O4S/c1-23-9-3-8-19-15(21)13-10-14(25-16(13)20-17(18)22)11-4-6-12(24-2)7-5-11/h4-7,10H,3,8-9H2,1-2H3,(H,19,21)(H3,18,20,22). The van der Waals surface area contributed by atoms with Crippen LogP contribution in [0.4, 0.5) is 9.80 Å². The molecule has 1 aromatic carbocycles. The second kappa shape index (κ2) is 9.05. The van der Waals surface area contributed by atoms with Gasteiger partial charge in [0.15, 0.2) is 0 Å². The number of anilines is 1. The number of ether oxygens (including phenoxy) is 2. The summed E-state index contributed by atoms with van der Waals surface area (Å²) in [6.45, 7) is 1.05. The Morgan fingerprint density at radius 2 is 1.92 bits per heavy atom. The SMILES string of the molecule is COCCCNC(=O)c1cc(-c2ccc(OC)cc2)sc1NC(N)=O. The molecular weight excluding hydrogens is 342 g/mol. The van der Waals surface area contributed by atoms with E-state index in [-0.39, 0.29) is 5.91 Å². The molecule has 2 rings (SSSR count). The molecule has 134 valence electrons. The van der Waals surface area contributed by atoms with Crippen molar-refractivity contribution in [2.75, 3.05) is 32.7 Å². The van der Waals surface area contributed by atoms with Gasteiger partial charge in [-0.05, 0) is 42.3 Å². The van der Waals surface area contributed by atoms with Crippen LogP contribution in [0.1, 0.15) is 16.8 Å². The molecule has 1 aromatic heterocycles. The zero-order chi connectivity index (χ0) is 18.2. The molecule has 7 nitrogen and oxygen atoms in total. The van der Waals surface area contributed by atoms with Gasteiger partial charge < -0.3 is 20.5 Å². The molecule has 0 aliphatic carbocycles. The van der Waals surface area contributed by atoms with Gasteiger partial charge in [-0.15, -0.1) is 11.3 Å². The predicted molar refractivity (Wildman–Crippen MR) is 98.3 cm³/mol. The van der Waals surface area contributed by atoms with Crippen molar-refractivity contribution in [1.29, 1.82) is 0 Å². The molecule has 2 aromatic rings. The van der Waals surface area contributed by atoms with Crippen molar-refractivity contribution in [2.24, 2.45) is 5.73 Å². The van der Waals surface area contributed by atoms with E-state index in [0.29, 0.717) is 30.1 Å². The topological polar surface area (TPSA) is 103 Å². The van der Waals surface area contributed by atoms with Crippen molar-refractivity contribution in [3.63, 3.8) is 0 Å². The molecule has 0 bridgehead atoms. The third-order valence-corrected chi connectivity index (χ3v) is 4.50. The van der Waals surface area contributed by atoms with E-state index in [2.05, 4.69) is 10.6 Å². The number of nitrogens with two attached hydrogens (primary N) is 1. The van der Waals surface area contributed by atoms with Crippen LogP contribution in [0.25, 0.3) is 10.4 Å². The number of amides is 3. The maximum absolute atomic E-state index is 12.4. The number of urea groups is 1. The van der Waals surface area contributed by atoms with Crippen LogP contribution >= 0.6 is 11.3 Å². The lowest BCUT2D eigenvalue weighted by Crippen LogP contribution is -2.27. The Morgan fingerprint density at radius 1 is 1.20 bits per heavy atom. The third kappa shape index (κ3) is 5.20. The van der Waals surface area contributed by atoms with E-state index in [9.17, 15) is 9.59 Å². The summed E-state index contributed by atoms with van der Waals surface area (Å²) >= 11 is 1.29. The number of carbonyl (C=O) groups excluding carboxylic acids is 2. The fraction of sp³-hybridized carbons (Fsp3) is 0.294. The van der Waals surface area contributed by atoms with Gasteiger partial charge in [0.25, 0.3) is 5.91 Å². The summed E-state index contributed by atoms with van der Waals surface area (Å²) in [5.41, 5.74) is 6.51. The molecule has 0 atom stereocenters. The van der Waals surface area contributed by atoms with Crippen LogP contribution < -0.4 is 21.1 Å². The minimum atomic E-state index is -0.712. The number of rotatable bonds is 8. The summed E-state index contributed by atoms with van der Waals surface area (Å²) in [7, 11) is 3.21. The number of nitrogens with one attached hydrogen (secondary N) is 2. The summed E-state index contributed by atoms with van der Waals surface area (Å²) in [6.07, 6.45) is 0.705. The maximum atomic E-state index is 12.4. The lowest BCUT2D eigenvalue weighted by atomic mass is 10.1. The van der Waals surface area contributed by atoms with Crippen molar-refractivity contribution < 1.29 is 19.1 Å². The monoisotopic (exact) mass is 363 g/mol. The average Bonchev–Trinajstić information content (AvgIpc) is 3.01. The van der Waals surface area contributed by atoms with E-state index in [0.717, 1.165) is 16.2 Å². The molecule has 0 saturated heterocycles. The molecule has 4 N–H and O–H groups in total. The number of carbonyl (C=O) groups is 2. The van der Waals surface area contributed by atoms with Gasteiger partial charge in [0.05, 0.1) is 12.7 Å². The molecule has 25 heavy (non-hydrogen) atoms. The number of thiophene rings is 1. The third-order valence-electron chi connectivity index (χ3n) is 3.40. The molecular formula is C17H21N3O4S. The summed E-state index contributed by atoms with van der Waals surface area (Å²) in [5.74, 6) is 0.475. The highest BCUT2D eigenvalue weighted by Gasteiger charge is 2.18. The van der Waals surface area contributed by atoms with Crippen LogP contribution in [0.3, 0.4) is 0 Å². The molecule has 0 fully saturated rings. The average molecular weight is 363 g/mol. The van der Waals surface area contributed by atoms with Crippen LogP contribution in [0, 0.1) is 0 Å². The number of hydrogen-bond acceptors (Lipinski definition) is 5. The number of hydrogen-bond donors (Lipinski definition) is 3. The summed E-state index contributed by atoms with van der Waals surface area (Å²) in [5, 5.41) is 5.74. The van der Waals surface area contributed by atoms with Gasteiger partial charge in [-0.2, -0.15) is 0 Å². The highest BCUT2D eigenvalue weighted by molar-refractivity contribution is 7.20. The highest BCUT2D eigenvalue weighted by Crippen LogP contribution is 2.36. The Hall–Kier alpha value is -2.58. The second-order valence-corrected chi connectivity index (χ2v) is 6.23. The van der Waals surface area contributed by atoms with Crippen molar-refractivity contribution >= 4 is 28.3 Å². The lowest BCUT2D eigenvalue weighted by Gasteiger charge is -2.05. The Balaban J connectivity index is 2.22. The quantitative estimate of drug-likeness (QED) is 0.627. The van der Waals surface area contributed by atoms with Crippen molar-refractivity contribution in [3.8, 4) is 16.2 Å². The van der Waals surface area contributed by atoms with Crippen LogP contribution in [0.15, 0.2) is 30.3 Å². The number of primary amides is 1. The first-order chi connectivity index (χ1) is 12.0. The van der Waals surface area contributed by atoms with Gasteiger partial charge >= 0.3 is 6.03 Å². The molecule has 0 saturated carbocycles. The fourth-order valence-corrected chi connectivity index (χ4v) is 3.24. The minimum absolute atomic E-state index is 0.268. The molecule has 0 aliphatic rings. The van der Waals surface area contributed by atoms with Gasteiger partial charge in [-0.1, -0.05) is 0 Å². The molecule has 0 aliphatic heterocycles. The smallest absolute Gasteiger partial charge is 0.317 e. The van der Waals surface area contributed by atoms with Gasteiger partial charge in [0.2, 0.25) is 0 Å². The van der Waals surface area contributed by atoms with E-state index < -0.39 is 6.03 Å². The largest absolute Gasteiger partial charge is 0.497 e. The fourth-order valence-electron chi connectivity index (χ4n) is 2.18.